The van der Waals surface area contributed by atoms with Crippen LogP contribution in [0, 0.1) is 21.8 Å². The molecular formula is C17H14FN3O3. The van der Waals surface area contributed by atoms with Gasteiger partial charge in [0.25, 0.3) is 5.69 Å². The maximum Gasteiger partial charge on any atom is 0.270 e. The van der Waals surface area contributed by atoms with Crippen molar-refractivity contribution in [3.63, 3.8) is 0 Å². The van der Waals surface area contributed by atoms with Crippen LogP contribution in [0.15, 0.2) is 53.5 Å². The predicted octanol–water partition coefficient (Wildman–Crippen LogP) is 2.58. The van der Waals surface area contributed by atoms with Crippen LogP contribution in [0.25, 0.3) is 0 Å². The molecule has 1 heterocycles. The molecule has 3 rings (SSSR count). The molecule has 1 aliphatic heterocycles. The average molecular weight is 327 g/mol. The molecule has 0 spiro atoms. The van der Waals surface area contributed by atoms with Crippen molar-refractivity contribution in [2.75, 3.05) is 13.1 Å². The number of carbonyl (C=O) groups excluding carboxylic acids is 1. The fraction of sp³-hybridized carbons (Fsp3) is 0.176. The van der Waals surface area contributed by atoms with Crippen molar-refractivity contribution in [3.8, 4) is 0 Å². The highest BCUT2D eigenvalue weighted by Gasteiger charge is 2.24. The summed E-state index contributed by atoms with van der Waals surface area (Å²) >= 11 is 0. The van der Waals surface area contributed by atoms with Crippen molar-refractivity contribution in [1.29, 1.82) is 0 Å². The number of halogens is 1. The van der Waals surface area contributed by atoms with Crippen LogP contribution in [0.2, 0.25) is 0 Å². The molecule has 1 unspecified atom stereocenters. The van der Waals surface area contributed by atoms with Gasteiger partial charge in [-0.3, -0.25) is 19.9 Å². The Hall–Kier alpha value is -3.09. The number of carbonyl (C=O) groups is 1. The summed E-state index contributed by atoms with van der Waals surface area (Å²) in [4.78, 5) is 27.1. The van der Waals surface area contributed by atoms with Crippen LogP contribution in [0.5, 0.6) is 0 Å². The number of hydrogen-bond donors (Lipinski definition) is 1. The summed E-state index contributed by atoms with van der Waals surface area (Å²) < 4.78 is 12.9. The number of Topliss-reactive ketones (excluding diaryl/α,β-unsaturated/α-hetero) is 1. The summed E-state index contributed by atoms with van der Waals surface area (Å²) in [6, 6.07) is 11.6. The summed E-state index contributed by atoms with van der Waals surface area (Å²) in [6.45, 7) is 0.652. The number of ketones is 1. The second kappa shape index (κ2) is 6.57. The Labute approximate surface area is 137 Å². The van der Waals surface area contributed by atoms with Crippen LogP contribution in [0.4, 0.5) is 10.1 Å². The van der Waals surface area contributed by atoms with E-state index in [1.807, 2.05) is 0 Å². The second-order valence-corrected chi connectivity index (χ2v) is 5.45. The highest BCUT2D eigenvalue weighted by atomic mass is 19.1. The lowest BCUT2D eigenvalue weighted by atomic mass is 9.96. The highest BCUT2D eigenvalue weighted by molar-refractivity contribution is 6.02. The van der Waals surface area contributed by atoms with Crippen LogP contribution >= 0.6 is 0 Å². The summed E-state index contributed by atoms with van der Waals surface area (Å²) in [7, 11) is 0. The molecule has 0 saturated carbocycles. The van der Waals surface area contributed by atoms with Crippen molar-refractivity contribution in [2.45, 2.75) is 0 Å². The smallest absolute Gasteiger partial charge is 0.270 e. The maximum absolute atomic E-state index is 12.9. The van der Waals surface area contributed by atoms with E-state index in [1.54, 1.807) is 12.1 Å². The standard InChI is InChI=1S/C17H14FN3O3/c18-14-6-4-11(5-7-14)16(22)13-9-19-17(20-10-13)12-2-1-3-15(8-12)21(23)24/h1-8,13H,9-10H2,(H,19,20). The van der Waals surface area contributed by atoms with Crippen LogP contribution in [-0.4, -0.2) is 29.6 Å². The van der Waals surface area contributed by atoms with Gasteiger partial charge in [-0.05, 0) is 24.3 Å². The zero-order valence-corrected chi connectivity index (χ0v) is 12.6. The summed E-state index contributed by atoms with van der Waals surface area (Å²) in [5.41, 5.74) is 1.04. The Bertz CT molecular complexity index is 818. The van der Waals surface area contributed by atoms with Gasteiger partial charge in [-0.25, -0.2) is 4.39 Å². The molecule has 1 N–H and O–H groups in total. The molecule has 0 radical (unpaired) electrons. The van der Waals surface area contributed by atoms with Crippen molar-refractivity contribution >= 4 is 17.3 Å². The maximum atomic E-state index is 12.9. The van der Waals surface area contributed by atoms with Crippen molar-refractivity contribution in [1.82, 2.24) is 5.32 Å². The van der Waals surface area contributed by atoms with E-state index in [2.05, 4.69) is 10.3 Å². The Kier molecular flexibility index (Phi) is 4.33. The molecular weight excluding hydrogens is 313 g/mol. The van der Waals surface area contributed by atoms with Gasteiger partial charge in [0.1, 0.15) is 11.7 Å². The molecule has 24 heavy (non-hydrogen) atoms. The van der Waals surface area contributed by atoms with Gasteiger partial charge in [-0.2, -0.15) is 0 Å². The van der Waals surface area contributed by atoms with Gasteiger partial charge in [0, 0.05) is 29.8 Å². The molecule has 2 aromatic rings. The first-order valence-corrected chi connectivity index (χ1v) is 7.37. The minimum Gasteiger partial charge on any atom is -0.369 e. The van der Waals surface area contributed by atoms with Crippen LogP contribution in [0.1, 0.15) is 15.9 Å². The molecule has 0 fully saturated rings. The van der Waals surface area contributed by atoms with Gasteiger partial charge < -0.3 is 5.32 Å². The Balaban J connectivity index is 1.74. The molecule has 0 bridgehead atoms. The summed E-state index contributed by atoms with van der Waals surface area (Å²) in [6.07, 6.45) is 0. The SMILES string of the molecule is O=C(c1ccc(F)cc1)C1CN=C(c2cccc([N+](=O)[O-])c2)NC1. The number of aliphatic imine (C=N–C) groups is 1. The van der Waals surface area contributed by atoms with Crippen LogP contribution in [0.3, 0.4) is 0 Å². The number of nitro groups is 1. The molecule has 0 saturated heterocycles. The van der Waals surface area contributed by atoms with Gasteiger partial charge >= 0.3 is 0 Å². The largest absolute Gasteiger partial charge is 0.369 e. The van der Waals surface area contributed by atoms with E-state index < -0.39 is 4.92 Å². The highest BCUT2D eigenvalue weighted by Crippen LogP contribution is 2.17. The van der Waals surface area contributed by atoms with E-state index in [4.69, 9.17) is 0 Å². The first-order chi connectivity index (χ1) is 11.5. The van der Waals surface area contributed by atoms with Crippen LogP contribution in [-0.2, 0) is 0 Å². The lowest BCUT2D eigenvalue weighted by Gasteiger charge is -2.22. The topological polar surface area (TPSA) is 84.6 Å². The van der Waals surface area contributed by atoms with E-state index in [-0.39, 0.29) is 29.8 Å². The molecule has 2 aromatic carbocycles. The van der Waals surface area contributed by atoms with E-state index in [0.717, 1.165) is 0 Å². The zero-order valence-electron chi connectivity index (χ0n) is 12.6. The quantitative estimate of drug-likeness (QED) is 0.531. The van der Waals surface area contributed by atoms with E-state index in [0.29, 0.717) is 23.5 Å². The number of rotatable bonds is 4. The zero-order chi connectivity index (χ0) is 17.1. The number of non-ortho nitro benzene ring substituents is 1. The summed E-state index contributed by atoms with van der Waals surface area (Å²) in [5.74, 6) is -0.316. The molecule has 122 valence electrons. The molecule has 7 heteroatoms. The third kappa shape index (κ3) is 3.29. The fourth-order valence-corrected chi connectivity index (χ4v) is 2.53. The molecule has 0 aliphatic carbocycles. The molecule has 0 amide bonds. The van der Waals surface area contributed by atoms with E-state index in [9.17, 15) is 19.3 Å². The minimum atomic E-state index is -0.465. The number of nitro benzene ring substituents is 1. The van der Waals surface area contributed by atoms with Gasteiger partial charge in [0.05, 0.1) is 17.4 Å². The second-order valence-electron chi connectivity index (χ2n) is 5.45. The number of amidine groups is 1. The van der Waals surface area contributed by atoms with Crippen molar-refractivity contribution in [3.05, 3.63) is 75.6 Å². The molecule has 1 atom stereocenters. The molecule has 0 aromatic heterocycles. The first kappa shape index (κ1) is 15.8. The first-order valence-electron chi connectivity index (χ1n) is 7.37. The third-order valence-electron chi connectivity index (χ3n) is 3.82. The van der Waals surface area contributed by atoms with Crippen molar-refractivity contribution in [2.24, 2.45) is 10.9 Å². The van der Waals surface area contributed by atoms with Crippen LogP contribution < -0.4 is 5.32 Å². The Morgan fingerprint density at radius 3 is 2.62 bits per heavy atom. The fourth-order valence-electron chi connectivity index (χ4n) is 2.53. The Morgan fingerprint density at radius 2 is 2.00 bits per heavy atom. The molecule has 1 aliphatic rings. The third-order valence-corrected chi connectivity index (χ3v) is 3.82. The van der Waals surface area contributed by atoms with Gasteiger partial charge in [0.15, 0.2) is 5.78 Å². The lowest BCUT2D eigenvalue weighted by Crippen LogP contribution is -2.39. The predicted molar refractivity (Wildman–Crippen MR) is 86.7 cm³/mol. The minimum absolute atomic E-state index is 0.0125. The van der Waals surface area contributed by atoms with Crippen molar-refractivity contribution < 1.29 is 14.1 Å². The van der Waals surface area contributed by atoms with Gasteiger partial charge in [-0.1, -0.05) is 12.1 Å². The number of benzene rings is 2. The van der Waals surface area contributed by atoms with E-state index in [1.165, 1.54) is 36.4 Å². The lowest BCUT2D eigenvalue weighted by molar-refractivity contribution is -0.384. The van der Waals surface area contributed by atoms with Gasteiger partial charge in [0.2, 0.25) is 0 Å². The Morgan fingerprint density at radius 1 is 1.25 bits per heavy atom. The van der Waals surface area contributed by atoms with Gasteiger partial charge in [-0.15, -0.1) is 0 Å². The average Bonchev–Trinajstić information content (AvgIpc) is 2.62. The number of hydrogen-bond acceptors (Lipinski definition) is 5. The monoisotopic (exact) mass is 327 g/mol. The normalized spacial score (nSPS) is 16.9. The van der Waals surface area contributed by atoms with E-state index >= 15 is 0 Å². The number of nitrogens with one attached hydrogen (secondary N) is 1. The molecule has 6 nitrogen and oxygen atoms in total. The summed E-state index contributed by atoms with van der Waals surface area (Å²) in [5, 5.41) is 13.9. The number of nitrogens with zero attached hydrogens (tertiary/aromatic N) is 2.